The van der Waals surface area contributed by atoms with Gasteiger partial charge in [0, 0.05) is 29.8 Å². The molecule has 0 fully saturated rings. The van der Waals surface area contributed by atoms with E-state index in [4.69, 9.17) is 0 Å². The van der Waals surface area contributed by atoms with Crippen molar-refractivity contribution in [1.82, 2.24) is 19.9 Å². The Hall–Kier alpha value is -3.15. The lowest BCUT2D eigenvalue weighted by Crippen LogP contribution is -2.00. The Kier molecular flexibility index (Phi) is 4.16. The second-order valence-electron chi connectivity index (χ2n) is 6.13. The van der Waals surface area contributed by atoms with Gasteiger partial charge in [0.15, 0.2) is 0 Å². The van der Waals surface area contributed by atoms with Crippen molar-refractivity contribution in [2.24, 2.45) is 0 Å². The van der Waals surface area contributed by atoms with Crippen LogP contribution in [0, 0.1) is 25.1 Å². The topological polar surface area (TPSA) is 54.5 Å². The fraction of sp³-hybridized carbons (Fsp3) is 0.100. The summed E-state index contributed by atoms with van der Waals surface area (Å²) in [6.07, 6.45) is 6.77. The second-order valence-corrected chi connectivity index (χ2v) is 6.13. The molecule has 0 unspecified atom stereocenters. The first kappa shape index (κ1) is 16.3. The van der Waals surface area contributed by atoms with Crippen molar-refractivity contribution >= 4 is 11.0 Å². The standard InChI is InChI=1S/C20H15F2N4/c1-12-6-18-14(10-25-20(18)24-9-12)7-13-2-4-17(26-19(13)22)8-16-5-3-15(21)11-23-16/h2-6,8-11H,7H2,1H3,(H,24,25). The highest BCUT2D eigenvalue weighted by Crippen LogP contribution is 2.22. The Morgan fingerprint density at radius 2 is 1.85 bits per heavy atom. The van der Waals surface area contributed by atoms with Crippen LogP contribution in [0.2, 0.25) is 0 Å². The van der Waals surface area contributed by atoms with Gasteiger partial charge in [-0.05, 0) is 42.3 Å². The van der Waals surface area contributed by atoms with Crippen molar-refractivity contribution < 1.29 is 8.78 Å². The molecule has 26 heavy (non-hydrogen) atoms. The van der Waals surface area contributed by atoms with Crippen LogP contribution in [0.3, 0.4) is 0 Å². The van der Waals surface area contributed by atoms with E-state index in [1.54, 1.807) is 24.8 Å². The Morgan fingerprint density at radius 1 is 1.00 bits per heavy atom. The third kappa shape index (κ3) is 3.31. The van der Waals surface area contributed by atoms with Crippen LogP contribution in [0.25, 0.3) is 11.0 Å². The Balaban J connectivity index is 1.57. The van der Waals surface area contributed by atoms with Crippen molar-refractivity contribution in [3.63, 3.8) is 0 Å². The van der Waals surface area contributed by atoms with Gasteiger partial charge in [-0.15, -0.1) is 0 Å². The minimum absolute atomic E-state index is 0.416. The number of hydrogen-bond donors (Lipinski definition) is 1. The molecule has 0 aliphatic rings. The van der Waals surface area contributed by atoms with E-state index in [2.05, 4.69) is 19.9 Å². The van der Waals surface area contributed by atoms with Gasteiger partial charge in [-0.1, -0.05) is 6.07 Å². The third-order valence-electron chi connectivity index (χ3n) is 4.13. The number of rotatable bonds is 4. The molecule has 4 aromatic heterocycles. The van der Waals surface area contributed by atoms with Crippen LogP contribution >= 0.6 is 0 Å². The van der Waals surface area contributed by atoms with Crippen LogP contribution in [0.5, 0.6) is 0 Å². The van der Waals surface area contributed by atoms with Crippen molar-refractivity contribution in [1.29, 1.82) is 0 Å². The maximum Gasteiger partial charge on any atom is 0.216 e. The molecule has 4 heterocycles. The lowest BCUT2D eigenvalue weighted by Gasteiger charge is -2.05. The smallest absolute Gasteiger partial charge is 0.216 e. The van der Waals surface area contributed by atoms with E-state index in [1.165, 1.54) is 12.1 Å². The Bertz CT molecular complexity index is 1070. The van der Waals surface area contributed by atoms with Gasteiger partial charge in [0.2, 0.25) is 5.95 Å². The van der Waals surface area contributed by atoms with Gasteiger partial charge in [0.05, 0.1) is 24.0 Å². The fourth-order valence-electron chi connectivity index (χ4n) is 2.83. The molecule has 0 amide bonds. The van der Waals surface area contributed by atoms with E-state index in [9.17, 15) is 8.78 Å². The van der Waals surface area contributed by atoms with E-state index < -0.39 is 11.8 Å². The summed E-state index contributed by atoms with van der Waals surface area (Å²) in [7, 11) is 0. The number of hydrogen-bond acceptors (Lipinski definition) is 3. The molecule has 0 saturated carbocycles. The Morgan fingerprint density at radius 3 is 2.62 bits per heavy atom. The summed E-state index contributed by atoms with van der Waals surface area (Å²) in [5.41, 5.74) is 4.25. The van der Waals surface area contributed by atoms with E-state index >= 15 is 0 Å². The number of nitrogens with one attached hydrogen (secondary N) is 1. The first-order chi connectivity index (χ1) is 12.6. The number of nitrogens with zero attached hydrogens (tertiary/aromatic N) is 3. The molecule has 0 atom stereocenters. The van der Waals surface area contributed by atoms with Gasteiger partial charge in [0.1, 0.15) is 11.5 Å². The van der Waals surface area contributed by atoms with Crippen LogP contribution in [-0.4, -0.2) is 19.9 Å². The number of aromatic nitrogens is 4. The maximum absolute atomic E-state index is 14.5. The molecule has 0 aliphatic heterocycles. The first-order valence-electron chi connectivity index (χ1n) is 8.13. The number of aryl methyl sites for hydroxylation is 1. The molecule has 0 aliphatic carbocycles. The van der Waals surface area contributed by atoms with Crippen LogP contribution in [0.4, 0.5) is 8.78 Å². The largest absolute Gasteiger partial charge is 0.346 e. The van der Waals surface area contributed by atoms with E-state index in [0.717, 1.165) is 28.4 Å². The highest BCUT2D eigenvalue weighted by molar-refractivity contribution is 5.80. The van der Waals surface area contributed by atoms with Crippen LogP contribution in [-0.2, 0) is 6.42 Å². The predicted molar refractivity (Wildman–Crippen MR) is 94.5 cm³/mol. The van der Waals surface area contributed by atoms with Crippen LogP contribution in [0.15, 0.2) is 48.9 Å². The lowest BCUT2D eigenvalue weighted by molar-refractivity contribution is 0.567. The molecule has 0 bridgehead atoms. The van der Waals surface area contributed by atoms with Gasteiger partial charge < -0.3 is 4.98 Å². The van der Waals surface area contributed by atoms with E-state index in [-0.39, 0.29) is 0 Å². The zero-order valence-corrected chi connectivity index (χ0v) is 14.0. The summed E-state index contributed by atoms with van der Waals surface area (Å²) in [5, 5.41) is 0.982. The van der Waals surface area contributed by atoms with Crippen LogP contribution < -0.4 is 0 Å². The molecule has 4 rings (SSSR count). The molecule has 0 spiro atoms. The highest BCUT2D eigenvalue weighted by Gasteiger charge is 2.11. The van der Waals surface area contributed by atoms with Crippen molar-refractivity contribution in [3.8, 4) is 0 Å². The second kappa shape index (κ2) is 6.63. The van der Waals surface area contributed by atoms with Gasteiger partial charge >= 0.3 is 0 Å². The van der Waals surface area contributed by atoms with Gasteiger partial charge in [-0.2, -0.15) is 4.39 Å². The summed E-state index contributed by atoms with van der Waals surface area (Å²) in [6, 6.07) is 8.28. The molecule has 4 nitrogen and oxygen atoms in total. The molecule has 129 valence electrons. The van der Waals surface area contributed by atoms with E-state index in [0.29, 0.717) is 23.4 Å². The molecule has 4 aromatic rings. The van der Waals surface area contributed by atoms with Gasteiger partial charge in [-0.25, -0.2) is 14.4 Å². The van der Waals surface area contributed by atoms with Gasteiger partial charge in [-0.3, -0.25) is 4.98 Å². The number of halogens is 2. The number of H-pyrrole nitrogens is 1. The molecule has 1 radical (unpaired) electrons. The summed E-state index contributed by atoms with van der Waals surface area (Å²) in [4.78, 5) is 15.3. The number of fused-ring (bicyclic) bond motifs is 1. The maximum atomic E-state index is 14.5. The summed E-state index contributed by atoms with van der Waals surface area (Å²) < 4.78 is 27.4. The first-order valence-corrected chi connectivity index (χ1v) is 8.13. The zero-order valence-electron chi connectivity index (χ0n) is 14.0. The summed E-state index contributed by atoms with van der Waals surface area (Å²) >= 11 is 0. The normalized spacial score (nSPS) is 11.2. The number of aromatic amines is 1. The summed E-state index contributed by atoms with van der Waals surface area (Å²) in [5.74, 6) is -0.948. The molecule has 1 N–H and O–H groups in total. The highest BCUT2D eigenvalue weighted by atomic mass is 19.1. The average Bonchev–Trinajstić information content (AvgIpc) is 3.01. The van der Waals surface area contributed by atoms with Crippen molar-refractivity contribution in [2.45, 2.75) is 13.3 Å². The van der Waals surface area contributed by atoms with Crippen LogP contribution in [0.1, 0.15) is 28.1 Å². The van der Waals surface area contributed by atoms with Crippen molar-refractivity contribution in [2.75, 3.05) is 0 Å². The summed E-state index contributed by atoms with van der Waals surface area (Å²) in [6.45, 7) is 1.97. The minimum Gasteiger partial charge on any atom is -0.346 e. The van der Waals surface area contributed by atoms with E-state index in [1.807, 2.05) is 19.2 Å². The lowest BCUT2D eigenvalue weighted by atomic mass is 10.0. The SMILES string of the molecule is Cc1cnc2[nH]cc(Cc3ccc([CH]c4ccc(F)cn4)nc3F)c2c1. The fourth-order valence-corrected chi connectivity index (χ4v) is 2.83. The number of pyridine rings is 3. The zero-order chi connectivity index (χ0) is 18.1. The Labute approximate surface area is 149 Å². The minimum atomic E-state index is -0.532. The quantitative estimate of drug-likeness (QED) is 0.564. The monoisotopic (exact) mass is 349 g/mol. The molecular weight excluding hydrogens is 334 g/mol. The average molecular weight is 349 g/mol. The third-order valence-corrected chi connectivity index (χ3v) is 4.13. The molecule has 0 aromatic carbocycles. The van der Waals surface area contributed by atoms with Gasteiger partial charge in [0.25, 0.3) is 0 Å². The molecular formula is C20H15F2N4. The van der Waals surface area contributed by atoms with Crippen molar-refractivity contribution in [3.05, 3.63) is 95.2 Å². The molecule has 0 saturated heterocycles. The molecule has 6 heteroatoms. The predicted octanol–water partition coefficient (Wildman–Crippen LogP) is 4.13.